The molecule has 4 rings (SSSR count). The zero-order valence-electron chi connectivity index (χ0n) is 10.5. The molecule has 0 bridgehead atoms. The lowest BCUT2D eigenvalue weighted by Crippen LogP contribution is -1.86. The number of nitrogens with zero attached hydrogens (tertiary/aromatic N) is 3. The molecule has 1 N–H and O–H groups in total. The Morgan fingerprint density at radius 1 is 1.16 bits per heavy atom. The Hall–Kier alpha value is -2.62. The van der Waals surface area contributed by atoms with Gasteiger partial charge in [-0.05, 0) is 42.8 Å². The van der Waals surface area contributed by atoms with Gasteiger partial charge >= 0.3 is 0 Å². The van der Waals surface area contributed by atoms with E-state index in [9.17, 15) is 0 Å². The van der Waals surface area contributed by atoms with Crippen LogP contribution in [0, 0.1) is 6.92 Å². The summed E-state index contributed by atoms with van der Waals surface area (Å²) in [5.41, 5.74) is 5.39. The van der Waals surface area contributed by atoms with E-state index in [1.165, 1.54) is 11.1 Å². The van der Waals surface area contributed by atoms with E-state index in [1.807, 2.05) is 36.0 Å². The van der Waals surface area contributed by atoms with Crippen LogP contribution in [0.5, 0.6) is 0 Å². The molecule has 4 heteroatoms. The summed E-state index contributed by atoms with van der Waals surface area (Å²) < 4.78 is 1.86. The fourth-order valence-corrected chi connectivity index (χ4v) is 2.43. The summed E-state index contributed by atoms with van der Waals surface area (Å²) in [6, 6.07) is 10.4. The Balaban J connectivity index is 1.97. The van der Waals surface area contributed by atoms with Gasteiger partial charge in [0.2, 0.25) is 0 Å². The smallest absolute Gasteiger partial charge is 0.138 e. The molecule has 92 valence electrons. The molecule has 0 saturated heterocycles. The summed E-state index contributed by atoms with van der Waals surface area (Å²) in [4.78, 5) is 7.74. The molecule has 0 spiro atoms. The predicted molar refractivity (Wildman–Crippen MR) is 75.0 cm³/mol. The topological polar surface area (TPSA) is 46.0 Å². The van der Waals surface area contributed by atoms with Crippen LogP contribution in [0.2, 0.25) is 0 Å². The molecule has 4 aromatic heterocycles. The van der Waals surface area contributed by atoms with Gasteiger partial charge in [0, 0.05) is 35.2 Å². The van der Waals surface area contributed by atoms with E-state index >= 15 is 0 Å². The van der Waals surface area contributed by atoms with Crippen molar-refractivity contribution in [3.63, 3.8) is 0 Å². The van der Waals surface area contributed by atoms with Crippen molar-refractivity contribution in [1.82, 2.24) is 19.6 Å². The van der Waals surface area contributed by atoms with Crippen LogP contribution in [0.4, 0.5) is 0 Å². The number of H-pyrrole nitrogens is 1. The summed E-state index contributed by atoms with van der Waals surface area (Å²) in [6.45, 7) is 2.00. The number of pyridine rings is 2. The van der Waals surface area contributed by atoms with Crippen LogP contribution in [0.25, 0.3) is 27.7 Å². The second kappa shape index (κ2) is 3.68. The van der Waals surface area contributed by atoms with Crippen molar-refractivity contribution in [3.05, 3.63) is 54.6 Å². The molecular weight excluding hydrogens is 236 g/mol. The number of hydrogen-bond donors (Lipinski definition) is 1. The van der Waals surface area contributed by atoms with Crippen LogP contribution in [-0.4, -0.2) is 19.6 Å². The van der Waals surface area contributed by atoms with Gasteiger partial charge < -0.3 is 4.98 Å². The number of aromatic nitrogens is 4. The molecule has 19 heavy (non-hydrogen) atoms. The summed E-state index contributed by atoms with van der Waals surface area (Å²) in [5, 5.41) is 5.36. The molecule has 0 unspecified atom stereocenters. The minimum Gasteiger partial charge on any atom is -0.346 e. The first-order valence-corrected chi connectivity index (χ1v) is 6.20. The van der Waals surface area contributed by atoms with Crippen molar-refractivity contribution in [2.45, 2.75) is 6.92 Å². The number of hydrogen-bond acceptors (Lipinski definition) is 2. The summed E-state index contributed by atoms with van der Waals surface area (Å²) in [5.74, 6) is 0. The Kier molecular flexibility index (Phi) is 2.00. The number of nitrogens with one attached hydrogen (secondary N) is 1. The predicted octanol–water partition coefficient (Wildman–Crippen LogP) is 3.19. The SMILES string of the molecule is Cc1ccc2c(-c3ccn4nccc4c3)c[nH]c2n1. The molecule has 4 aromatic rings. The van der Waals surface area contributed by atoms with Crippen LogP contribution in [0.3, 0.4) is 0 Å². The van der Waals surface area contributed by atoms with Crippen molar-refractivity contribution in [2.75, 3.05) is 0 Å². The van der Waals surface area contributed by atoms with Crippen molar-refractivity contribution >= 4 is 16.6 Å². The third-order valence-corrected chi connectivity index (χ3v) is 3.39. The van der Waals surface area contributed by atoms with E-state index in [-0.39, 0.29) is 0 Å². The van der Waals surface area contributed by atoms with E-state index in [4.69, 9.17) is 0 Å². The van der Waals surface area contributed by atoms with Gasteiger partial charge in [0.15, 0.2) is 0 Å². The van der Waals surface area contributed by atoms with Gasteiger partial charge in [-0.2, -0.15) is 5.10 Å². The molecule has 4 heterocycles. The van der Waals surface area contributed by atoms with E-state index in [0.717, 1.165) is 22.2 Å². The Bertz CT molecular complexity index is 885. The maximum absolute atomic E-state index is 4.50. The Morgan fingerprint density at radius 2 is 2.11 bits per heavy atom. The second-order valence-electron chi connectivity index (χ2n) is 4.67. The monoisotopic (exact) mass is 248 g/mol. The zero-order valence-corrected chi connectivity index (χ0v) is 10.5. The fourth-order valence-electron chi connectivity index (χ4n) is 2.43. The summed E-state index contributed by atoms with van der Waals surface area (Å²) in [7, 11) is 0. The van der Waals surface area contributed by atoms with E-state index in [1.54, 1.807) is 6.20 Å². The molecule has 0 saturated carbocycles. The number of rotatable bonds is 1. The van der Waals surface area contributed by atoms with Crippen LogP contribution in [0.1, 0.15) is 5.69 Å². The molecule has 0 radical (unpaired) electrons. The van der Waals surface area contributed by atoms with Gasteiger partial charge in [-0.1, -0.05) is 0 Å². The van der Waals surface area contributed by atoms with E-state index in [0.29, 0.717) is 0 Å². The van der Waals surface area contributed by atoms with Crippen LogP contribution >= 0.6 is 0 Å². The van der Waals surface area contributed by atoms with Gasteiger partial charge in [-0.15, -0.1) is 0 Å². The number of aryl methyl sites for hydroxylation is 1. The normalized spacial score (nSPS) is 11.4. The van der Waals surface area contributed by atoms with Gasteiger partial charge in [-0.25, -0.2) is 9.50 Å². The first-order valence-electron chi connectivity index (χ1n) is 6.20. The van der Waals surface area contributed by atoms with E-state index in [2.05, 4.69) is 33.3 Å². The average molecular weight is 248 g/mol. The highest BCUT2D eigenvalue weighted by atomic mass is 15.2. The largest absolute Gasteiger partial charge is 0.346 e. The maximum atomic E-state index is 4.50. The van der Waals surface area contributed by atoms with Crippen molar-refractivity contribution in [1.29, 1.82) is 0 Å². The second-order valence-corrected chi connectivity index (χ2v) is 4.67. The maximum Gasteiger partial charge on any atom is 0.138 e. The number of fused-ring (bicyclic) bond motifs is 2. The minimum atomic E-state index is 0.934. The highest BCUT2D eigenvalue weighted by Crippen LogP contribution is 2.28. The minimum absolute atomic E-state index is 0.934. The lowest BCUT2D eigenvalue weighted by atomic mass is 10.1. The molecule has 4 nitrogen and oxygen atoms in total. The lowest BCUT2D eigenvalue weighted by molar-refractivity contribution is 0.962. The van der Waals surface area contributed by atoms with Gasteiger partial charge in [0.25, 0.3) is 0 Å². The molecule has 0 aliphatic carbocycles. The third-order valence-electron chi connectivity index (χ3n) is 3.39. The zero-order chi connectivity index (χ0) is 12.8. The van der Waals surface area contributed by atoms with Gasteiger partial charge in [0.05, 0.1) is 5.52 Å². The van der Waals surface area contributed by atoms with E-state index < -0.39 is 0 Å². The molecule has 0 atom stereocenters. The highest BCUT2D eigenvalue weighted by molar-refractivity contribution is 5.94. The summed E-state index contributed by atoms with van der Waals surface area (Å²) >= 11 is 0. The third kappa shape index (κ3) is 1.53. The molecule has 0 aliphatic rings. The lowest BCUT2D eigenvalue weighted by Gasteiger charge is -2.01. The molecule has 0 fully saturated rings. The van der Waals surface area contributed by atoms with Crippen molar-refractivity contribution in [2.24, 2.45) is 0 Å². The quantitative estimate of drug-likeness (QED) is 0.562. The summed E-state index contributed by atoms with van der Waals surface area (Å²) in [6.07, 6.45) is 5.80. The van der Waals surface area contributed by atoms with Gasteiger partial charge in [-0.3, -0.25) is 0 Å². The molecule has 0 aliphatic heterocycles. The first kappa shape index (κ1) is 10.3. The van der Waals surface area contributed by atoms with Crippen LogP contribution in [-0.2, 0) is 0 Å². The van der Waals surface area contributed by atoms with Crippen molar-refractivity contribution < 1.29 is 0 Å². The average Bonchev–Trinajstić information content (AvgIpc) is 3.02. The first-order chi connectivity index (χ1) is 9.31. The van der Waals surface area contributed by atoms with Crippen LogP contribution in [0.15, 0.2) is 48.9 Å². The number of aromatic amines is 1. The van der Waals surface area contributed by atoms with Gasteiger partial charge in [0.1, 0.15) is 5.65 Å². The molecule has 0 amide bonds. The Labute approximate surface area is 109 Å². The Morgan fingerprint density at radius 3 is 3.05 bits per heavy atom. The van der Waals surface area contributed by atoms with Crippen molar-refractivity contribution in [3.8, 4) is 11.1 Å². The van der Waals surface area contributed by atoms with Crippen LogP contribution < -0.4 is 0 Å². The fraction of sp³-hybridized carbons (Fsp3) is 0.0667. The molecule has 0 aromatic carbocycles. The standard InChI is InChI=1S/C15H12N4/c1-10-2-3-13-14(9-16-15(13)18-10)11-5-7-19-12(8-11)4-6-17-19/h2-9H,1H3,(H,16,18). The molecular formula is C15H12N4. The highest BCUT2D eigenvalue weighted by Gasteiger charge is 2.07.